The number of ether oxygens (including phenoxy) is 1. The van der Waals surface area contributed by atoms with Crippen LogP contribution in [0.15, 0.2) is 48.8 Å². The van der Waals surface area contributed by atoms with Crippen LogP contribution in [0.4, 0.5) is 0 Å². The molecule has 0 aliphatic rings. The molecule has 0 spiro atoms. The molecule has 0 saturated heterocycles. The van der Waals surface area contributed by atoms with Crippen LogP contribution in [0, 0.1) is 0 Å². The molecule has 3 heteroatoms. The van der Waals surface area contributed by atoms with Crippen molar-refractivity contribution in [2.75, 3.05) is 0 Å². The average molecular weight is 213 g/mol. The second-order valence-corrected chi connectivity index (χ2v) is 3.33. The Balaban J connectivity index is 2.02. The molecule has 0 fully saturated rings. The molecule has 1 aromatic carbocycles. The Hall–Kier alpha value is -2.16. The van der Waals surface area contributed by atoms with Gasteiger partial charge in [-0.3, -0.25) is 9.78 Å². The van der Waals surface area contributed by atoms with Crippen LogP contribution in [-0.2, 0) is 6.61 Å². The Labute approximate surface area is 93.7 Å². The van der Waals surface area contributed by atoms with Gasteiger partial charge in [0.05, 0.1) is 0 Å². The van der Waals surface area contributed by atoms with Gasteiger partial charge >= 0.3 is 0 Å². The molecule has 2 rings (SSSR count). The van der Waals surface area contributed by atoms with Gasteiger partial charge < -0.3 is 4.74 Å². The van der Waals surface area contributed by atoms with Gasteiger partial charge in [0.2, 0.25) is 0 Å². The SMILES string of the molecule is O=Cc1cccc(OCc2ccncc2)c1. The number of nitrogens with zero attached hydrogens (tertiary/aromatic N) is 1. The number of benzene rings is 1. The van der Waals surface area contributed by atoms with Gasteiger partial charge in [-0.15, -0.1) is 0 Å². The van der Waals surface area contributed by atoms with Gasteiger partial charge in [0, 0.05) is 18.0 Å². The highest BCUT2D eigenvalue weighted by atomic mass is 16.5. The Morgan fingerprint density at radius 2 is 2.00 bits per heavy atom. The fourth-order valence-corrected chi connectivity index (χ4v) is 1.32. The molecule has 16 heavy (non-hydrogen) atoms. The Bertz CT molecular complexity index is 468. The maximum atomic E-state index is 10.6. The van der Waals surface area contributed by atoms with E-state index in [-0.39, 0.29) is 0 Å². The lowest BCUT2D eigenvalue weighted by atomic mass is 10.2. The van der Waals surface area contributed by atoms with E-state index in [0.29, 0.717) is 17.9 Å². The Morgan fingerprint density at radius 3 is 2.75 bits per heavy atom. The Kier molecular flexibility index (Phi) is 3.28. The fourth-order valence-electron chi connectivity index (χ4n) is 1.32. The number of carbonyl (C=O) groups excluding carboxylic acids is 1. The average Bonchev–Trinajstić information content (AvgIpc) is 2.38. The van der Waals surface area contributed by atoms with Crippen molar-refractivity contribution in [3.8, 4) is 5.75 Å². The monoisotopic (exact) mass is 213 g/mol. The van der Waals surface area contributed by atoms with Gasteiger partial charge in [-0.05, 0) is 29.8 Å². The van der Waals surface area contributed by atoms with Gasteiger partial charge in [0.1, 0.15) is 18.6 Å². The van der Waals surface area contributed by atoms with Crippen molar-refractivity contribution in [1.82, 2.24) is 4.98 Å². The summed E-state index contributed by atoms with van der Waals surface area (Å²) >= 11 is 0. The predicted molar refractivity (Wildman–Crippen MR) is 60.4 cm³/mol. The highest BCUT2D eigenvalue weighted by Crippen LogP contribution is 2.13. The van der Waals surface area contributed by atoms with Crippen molar-refractivity contribution in [3.63, 3.8) is 0 Å². The lowest BCUT2D eigenvalue weighted by Crippen LogP contribution is -1.95. The largest absolute Gasteiger partial charge is 0.489 e. The number of carbonyl (C=O) groups is 1. The molecule has 1 aromatic heterocycles. The molecule has 0 radical (unpaired) electrons. The normalized spacial score (nSPS) is 9.75. The van der Waals surface area contributed by atoms with Gasteiger partial charge in [0.15, 0.2) is 0 Å². The van der Waals surface area contributed by atoms with Crippen molar-refractivity contribution in [3.05, 3.63) is 59.9 Å². The molecule has 0 bridgehead atoms. The standard InChI is InChI=1S/C13H11NO2/c15-9-12-2-1-3-13(8-12)16-10-11-4-6-14-7-5-11/h1-9H,10H2. The van der Waals surface area contributed by atoms with Crippen LogP contribution in [-0.4, -0.2) is 11.3 Å². The second kappa shape index (κ2) is 5.07. The third-order valence-corrected chi connectivity index (χ3v) is 2.15. The molecule has 2 aromatic rings. The molecule has 0 saturated carbocycles. The first-order chi connectivity index (χ1) is 7.88. The number of pyridine rings is 1. The summed E-state index contributed by atoms with van der Waals surface area (Å²) in [5, 5.41) is 0. The smallest absolute Gasteiger partial charge is 0.150 e. The van der Waals surface area contributed by atoms with E-state index in [0.717, 1.165) is 11.8 Å². The predicted octanol–water partition coefficient (Wildman–Crippen LogP) is 2.47. The first-order valence-corrected chi connectivity index (χ1v) is 4.95. The number of rotatable bonds is 4. The topological polar surface area (TPSA) is 39.2 Å². The number of aldehydes is 1. The van der Waals surface area contributed by atoms with Crippen LogP contribution < -0.4 is 4.74 Å². The highest BCUT2D eigenvalue weighted by molar-refractivity contribution is 5.75. The van der Waals surface area contributed by atoms with Crippen LogP contribution in [0.5, 0.6) is 5.75 Å². The van der Waals surface area contributed by atoms with E-state index in [2.05, 4.69) is 4.98 Å². The lowest BCUT2D eigenvalue weighted by molar-refractivity contribution is 0.112. The van der Waals surface area contributed by atoms with E-state index in [4.69, 9.17) is 4.74 Å². The van der Waals surface area contributed by atoms with Crippen molar-refractivity contribution < 1.29 is 9.53 Å². The molecule has 0 aliphatic heterocycles. The maximum absolute atomic E-state index is 10.6. The van der Waals surface area contributed by atoms with Gasteiger partial charge in [-0.25, -0.2) is 0 Å². The van der Waals surface area contributed by atoms with Crippen LogP contribution in [0.2, 0.25) is 0 Å². The summed E-state index contributed by atoms with van der Waals surface area (Å²) in [6, 6.07) is 10.9. The molecule has 1 heterocycles. The minimum absolute atomic E-state index is 0.477. The Morgan fingerprint density at radius 1 is 1.19 bits per heavy atom. The lowest BCUT2D eigenvalue weighted by Gasteiger charge is -2.05. The number of hydrogen-bond acceptors (Lipinski definition) is 3. The quantitative estimate of drug-likeness (QED) is 0.732. The van der Waals surface area contributed by atoms with Crippen LogP contribution >= 0.6 is 0 Å². The summed E-state index contributed by atoms with van der Waals surface area (Å²) < 4.78 is 5.55. The van der Waals surface area contributed by atoms with Gasteiger partial charge in [0.25, 0.3) is 0 Å². The first kappa shape index (κ1) is 10.4. The van der Waals surface area contributed by atoms with Crippen LogP contribution in [0.1, 0.15) is 15.9 Å². The number of hydrogen-bond donors (Lipinski definition) is 0. The molecule has 80 valence electrons. The summed E-state index contributed by atoms with van der Waals surface area (Å²) in [6.07, 6.45) is 4.25. The molecule has 0 amide bonds. The maximum Gasteiger partial charge on any atom is 0.150 e. The molecule has 0 N–H and O–H groups in total. The molecular formula is C13H11NO2. The van der Waals surface area contributed by atoms with E-state index in [1.54, 1.807) is 30.6 Å². The minimum Gasteiger partial charge on any atom is -0.489 e. The summed E-state index contributed by atoms with van der Waals surface area (Å²) in [5.74, 6) is 0.696. The zero-order chi connectivity index (χ0) is 11.2. The van der Waals surface area contributed by atoms with E-state index >= 15 is 0 Å². The van der Waals surface area contributed by atoms with Crippen molar-refractivity contribution in [2.45, 2.75) is 6.61 Å². The zero-order valence-electron chi connectivity index (χ0n) is 8.67. The molecule has 0 atom stereocenters. The summed E-state index contributed by atoms with van der Waals surface area (Å²) in [7, 11) is 0. The van der Waals surface area contributed by atoms with Gasteiger partial charge in [-0.2, -0.15) is 0 Å². The van der Waals surface area contributed by atoms with Crippen molar-refractivity contribution in [1.29, 1.82) is 0 Å². The second-order valence-electron chi connectivity index (χ2n) is 3.33. The highest BCUT2D eigenvalue weighted by Gasteiger charge is 1.96. The third-order valence-electron chi connectivity index (χ3n) is 2.15. The van der Waals surface area contributed by atoms with E-state index in [1.165, 1.54) is 0 Å². The third kappa shape index (κ3) is 2.67. The molecule has 3 nitrogen and oxygen atoms in total. The fraction of sp³-hybridized carbons (Fsp3) is 0.0769. The van der Waals surface area contributed by atoms with Crippen molar-refractivity contribution >= 4 is 6.29 Å². The minimum atomic E-state index is 0.477. The number of aromatic nitrogens is 1. The molecule has 0 unspecified atom stereocenters. The molecular weight excluding hydrogens is 202 g/mol. The summed E-state index contributed by atoms with van der Waals surface area (Å²) in [4.78, 5) is 14.5. The van der Waals surface area contributed by atoms with E-state index in [1.807, 2.05) is 18.2 Å². The summed E-state index contributed by atoms with van der Waals surface area (Å²) in [6.45, 7) is 0.477. The van der Waals surface area contributed by atoms with E-state index in [9.17, 15) is 4.79 Å². The van der Waals surface area contributed by atoms with Crippen LogP contribution in [0.25, 0.3) is 0 Å². The molecule has 0 aliphatic carbocycles. The van der Waals surface area contributed by atoms with Crippen molar-refractivity contribution in [2.24, 2.45) is 0 Å². The van der Waals surface area contributed by atoms with Gasteiger partial charge in [-0.1, -0.05) is 12.1 Å². The zero-order valence-corrected chi connectivity index (χ0v) is 8.67. The van der Waals surface area contributed by atoms with E-state index < -0.39 is 0 Å². The summed E-state index contributed by atoms with van der Waals surface area (Å²) in [5.41, 5.74) is 1.67. The van der Waals surface area contributed by atoms with Crippen LogP contribution in [0.3, 0.4) is 0 Å². The first-order valence-electron chi connectivity index (χ1n) is 4.95.